The van der Waals surface area contributed by atoms with Crippen molar-refractivity contribution in [1.82, 2.24) is 0 Å². The van der Waals surface area contributed by atoms with E-state index in [-0.39, 0.29) is 6.10 Å². The van der Waals surface area contributed by atoms with Crippen molar-refractivity contribution in [3.05, 3.63) is 20.3 Å². The number of aryl methyl sites for hydroxylation is 1. The number of thiophene rings is 1. The number of hydrogen-bond acceptors (Lipinski definition) is 4. The second-order valence-corrected chi connectivity index (χ2v) is 6.13. The van der Waals surface area contributed by atoms with E-state index in [1.165, 1.54) is 0 Å². The molecule has 0 saturated carbocycles. The Bertz CT molecular complexity index is 333. The summed E-state index contributed by atoms with van der Waals surface area (Å²) in [6, 6.07) is 1.95. The first-order valence-electron chi connectivity index (χ1n) is 4.81. The first-order valence-corrected chi connectivity index (χ1v) is 6.42. The molecule has 2 heterocycles. The normalized spacial score (nSPS) is 24.1. The van der Waals surface area contributed by atoms with E-state index in [0.717, 1.165) is 14.2 Å². The van der Waals surface area contributed by atoms with Crippen molar-refractivity contribution in [1.29, 1.82) is 0 Å². The number of rotatable bonds is 2. The minimum atomic E-state index is -0.590. The minimum absolute atomic E-state index is 0.237. The number of aliphatic hydroxyl groups is 1. The van der Waals surface area contributed by atoms with Gasteiger partial charge in [-0.05, 0) is 34.5 Å². The van der Waals surface area contributed by atoms with Crippen LogP contribution >= 0.6 is 27.3 Å². The van der Waals surface area contributed by atoms with Crippen molar-refractivity contribution >= 4 is 27.3 Å². The van der Waals surface area contributed by atoms with Gasteiger partial charge in [0.25, 0.3) is 0 Å². The highest BCUT2D eigenvalue weighted by atomic mass is 79.9. The van der Waals surface area contributed by atoms with E-state index in [0.29, 0.717) is 19.8 Å². The Kier molecular flexibility index (Phi) is 3.79. The standard InChI is InChI=1S/C10H13BrO3S/c1-6-7(4-9(11)15-6)10(12)8-5-13-2-3-14-8/h4,8,10,12H,2-3,5H2,1H3. The lowest BCUT2D eigenvalue weighted by atomic mass is 10.1. The maximum absolute atomic E-state index is 10.1. The molecule has 0 amide bonds. The second-order valence-electron chi connectivity index (χ2n) is 3.49. The fraction of sp³-hybridized carbons (Fsp3) is 0.600. The number of aliphatic hydroxyl groups excluding tert-OH is 1. The fourth-order valence-corrected chi connectivity index (χ4v) is 3.39. The third kappa shape index (κ3) is 2.60. The van der Waals surface area contributed by atoms with Gasteiger partial charge in [0, 0.05) is 4.88 Å². The summed E-state index contributed by atoms with van der Waals surface area (Å²) >= 11 is 5.03. The van der Waals surface area contributed by atoms with Gasteiger partial charge in [-0.3, -0.25) is 0 Å². The Labute approximate surface area is 101 Å². The topological polar surface area (TPSA) is 38.7 Å². The molecule has 1 aromatic heterocycles. The van der Waals surface area contributed by atoms with Gasteiger partial charge in [0.05, 0.1) is 23.6 Å². The largest absolute Gasteiger partial charge is 0.386 e. The van der Waals surface area contributed by atoms with Crippen LogP contribution in [-0.2, 0) is 9.47 Å². The molecule has 2 atom stereocenters. The molecule has 84 valence electrons. The first kappa shape index (κ1) is 11.5. The first-order chi connectivity index (χ1) is 7.18. The third-order valence-electron chi connectivity index (χ3n) is 2.44. The molecule has 1 aliphatic heterocycles. The summed E-state index contributed by atoms with van der Waals surface area (Å²) in [5.41, 5.74) is 0.933. The van der Waals surface area contributed by atoms with Gasteiger partial charge in [-0.25, -0.2) is 0 Å². The Morgan fingerprint density at radius 2 is 2.40 bits per heavy atom. The molecular weight excluding hydrogens is 280 g/mol. The predicted octanol–water partition coefficient (Wildman–Crippen LogP) is 2.27. The molecule has 1 aliphatic rings. The van der Waals surface area contributed by atoms with Gasteiger partial charge in [-0.1, -0.05) is 0 Å². The van der Waals surface area contributed by atoms with Crippen LogP contribution in [0.3, 0.4) is 0 Å². The average Bonchev–Trinajstić information content (AvgIpc) is 2.58. The molecule has 0 aliphatic carbocycles. The van der Waals surface area contributed by atoms with Crippen molar-refractivity contribution in [2.75, 3.05) is 19.8 Å². The van der Waals surface area contributed by atoms with Crippen LogP contribution in [-0.4, -0.2) is 31.0 Å². The molecule has 1 N–H and O–H groups in total. The number of hydrogen-bond donors (Lipinski definition) is 1. The third-order valence-corrected chi connectivity index (χ3v) is 4.01. The Balaban J connectivity index is 2.12. The molecule has 0 spiro atoms. The van der Waals surface area contributed by atoms with Crippen LogP contribution in [0.4, 0.5) is 0 Å². The second kappa shape index (κ2) is 4.93. The lowest BCUT2D eigenvalue weighted by Crippen LogP contribution is -2.33. The molecule has 1 aromatic rings. The maximum atomic E-state index is 10.1. The highest BCUT2D eigenvalue weighted by molar-refractivity contribution is 9.11. The van der Waals surface area contributed by atoms with Crippen molar-refractivity contribution in [2.24, 2.45) is 0 Å². The van der Waals surface area contributed by atoms with Crippen LogP contribution in [0.25, 0.3) is 0 Å². The molecule has 0 radical (unpaired) electrons. The molecule has 3 nitrogen and oxygen atoms in total. The Morgan fingerprint density at radius 1 is 1.60 bits per heavy atom. The zero-order valence-corrected chi connectivity index (χ0v) is 10.8. The van der Waals surface area contributed by atoms with Crippen LogP contribution in [0.5, 0.6) is 0 Å². The summed E-state index contributed by atoms with van der Waals surface area (Å²) in [5, 5.41) is 10.1. The highest BCUT2D eigenvalue weighted by Crippen LogP contribution is 2.33. The van der Waals surface area contributed by atoms with Crippen molar-refractivity contribution in [2.45, 2.75) is 19.1 Å². The van der Waals surface area contributed by atoms with E-state index in [1.54, 1.807) is 11.3 Å². The summed E-state index contributed by atoms with van der Waals surface area (Å²) in [7, 11) is 0. The smallest absolute Gasteiger partial charge is 0.111 e. The Morgan fingerprint density at radius 3 is 2.93 bits per heavy atom. The molecule has 15 heavy (non-hydrogen) atoms. The van der Waals surface area contributed by atoms with E-state index >= 15 is 0 Å². The van der Waals surface area contributed by atoms with Gasteiger partial charge >= 0.3 is 0 Å². The van der Waals surface area contributed by atoms with E-state index in [4.69, 9.17) is 9.47 Å². The van der Waals surface area contributed by atoms with Gasteiger partial charge in [-0.2, -0.15) is 0 Å². The van der Waals surface area contributed by atoms with Crippen molar-refractivity contribution in [3.8, 4) is 0 Å². The van der Waals surface area contributed by atoms with Crippen LogP contribution in [0.1, 0.15) is 16.5 Å². The van der Waals surface area contributed by atoms with Gasteiger partial charge in [0.2, 0.25) is 0 Å². The van der Waals surface area contributed by atoms with Crippen molar-refractivity contribution in [3.63, 3.8) is 0 Å². The van der Waals surface area contributed by atoms with Gasteiger partial charge in [-0.15, -0.1) is 11.3 Å². The highest BCUT2D eigenvalue weighted by Gasteiger charge is 2.26. The average molecular weight is 293 g/mol. The summed E-state index contributed by atoms with van der Waals surface area (Å²) < 4.78 is 11.8. The Hall–Kier alpha value is 0.0600. The summed E-state index contributed by atoms with van der Waals surface area (Å²) in [5.74, 6) is 0. The molecule has 0 bridgehead atoms. The SMILES string of the molecule is Cc1sc(Br)cc1C(O)C1COCCO1. The van der Waals surface area contributed by atoms with E-state index in [2.05, 4.69) is 15.9 Å². The van der Waals surface area contributed by atoms with Crippen molar-refractivity contribution < 1.29 is 14.6 Å². The molecule has 1 fully saturated rings. The van der Waals surface area contributed by atoms with Crippen LogP contribution in [0, 0.1) is 6.92 Å². The molecule has 2 rings (SSSR count). The van der Waals surface area contributed by atoms with Crippen LogP contribution in [0.15, 0.2) is 9.85 Å². The van der Waals surface area contributed by atoms with E-state index in [1.807, 2.05) is 13.0 Å². The maximum Gasteiger partial charge on any atom is 0.111 e. The quantitative estimate of drug-likeness (QED) is 0.909. The number of ether oxygens (including phenoxy) is 2. The fourth-order valence-electron chi connectivity index (χ4n) is 1.64. The van der Waals surface area contributed by atoms with Gasteiger partial charge < -0.3 is 14.6 Å². The zero-order chi connectivity index (χ0) is 10.8. The monoisotopic (exact) mass is 292 g/mol. The molecule has 5 heteroatoms. The van der Waals surface area contributed by atoms with Gasteiger partial charge in [0.15, 0.2) is 0 Å². The summed E-state index contributed by atoms with van der Waals surface area (Å²) in [6.07, 6.45) is -0.827. The van der Waals surface area contributed by atoms with Crippen LogP contribution in [0.2, 0.25) is 0 Å². The zero-order valence-electron chi connectivity index (χ0n) is 8.40. The molecule has 1 saturated heterocycles. The number of halogens is 1. The minimum Gasteiger partial charge on any atom is -0.386 e. The summed E-state index contributed by atoms with van der Waals surface area (Å²) in [4.78, 5) is 1.11. The molecular formula is C10H13BrO3S. The predicted molar refractivity (Wildman–Crippen MR) is 62.3 cm³/mol. The summed E-state index contributed by atoms with van der Waals surface area (Å²) in [6.45, 7) is 3.65. The molecule has 2 unspecified atom stereocenters. The van der Waals surface area contributed by atoms with Crippen LogP contribution < -0.4 is 0 Å². The van der Waals surface area contributed by atoms with E-state index in [9.17, 15) is 5.11 Å². The lowest BCUT2D eigenvalue weighted by molar-refractivity contribution is -0.133. The van der Waals surface area contributed by atoms with Gasteiger partial charge in [0.1, 0.15) is 12.2 Å². The molecule has 0 aromatic carbocycles. The lowest BCUT2D eigenvalue weighted by Gasteiger charge is -2.27. The van der Waals surface area contributed by atoms with E-state index < -0.39 is 6.10 Å².